The Morgan fingerprint density at radius 3 is 2.57 bits per heavy atom. The van der Waals surface area contributed by atoms with E-state index in [0.29, 0.717) is 16.5 Å². The zero-order valence-electron chi connectivity index (χ0n) is 6.96. The van der Waals surface area contributed by atoms with Crippen LogP contribution in [0, 0.1) is 23.0 Å². The second-order valence-electron chi connectivity index (χ2n) is 2.79. The number of hydrogen-bond acceptors (Lipinski definition) is 2. The molecule has 0 spiro atoms. The molecule has 0 aliphatic rings. The predicted molar refractivity (Wildman–Crippen MR) is 46.4 cm³/mol. The van der Waals surface area contributed by atoms with E-state index in [1.54, 1.807) is 0 Å². The Hall–Kier alpha value is -2.02. The molecule has 0 atom stereocenters. The average Bonchev–Trinajstić information content (AvgIpc) is 2.19. The second kappa shape index (κ2) is 3.04. The summed E-state index contributed by atoms with van der Waals surface area (Å²) in [6.45, 7) is 0. The molecule has 4 heteroatoms. The van der Waals surface area contributed by atoms with Gasteiger partial charge in [0, 0.05) is 17.6 Å². The third-order valence-corrected chi connectivity index (χ3v) is 1.85. The molecule has 0 aliphatic heterocycles. The van der Waals surface area contributed by atoms with Gasteiger partial charge in [0.05, 0.1) is 11.1 Å². The molecule has 1 aromatic heterocycles. The summed E-state index contributed by atoms with van der Waals surface area (Å²) in [5.74, 6) is -1.87. The van der Waals surface area contributed by atoms with Gasteiger partial charge < -0.3 is 0 Å². The standard InChI is InChI=1S/C10H4F2N2/c11-8-2-7-1-6(4-13)5-14-10(7)3-9(8)12/h1-3,5H. The number of fused-ring (bicyclic) bond motifs is 1. The van der Waals surface area contributed by atoms with Crippen molar-refractivity contribution in [2.45, 2.75) is 0 Å². The normalized spacial score (nSPS) is 10.1. The summed E-state index contributed by atoms with van der Waals surface area (Å²) in [7, 11) is 0. The van der Waals surface area contributed by atoms with Crippen molar-refractivity contribution in [2.75, 3.05) is 0 Å². The molecule has 2 rings (SSSR count). The Bertz CT molecular complexity index is 544. The van der Waals surface area contributed by atoms with E-state index in [9.17, 15) is 8.78 Å². The van der Waals surface area contributed by atoms with Crippen molar-refractivity contribution < 1.29 is 8.78 Å². The largest absolute Gasteiger partial charge is 0.255 e. The van der Waals surface area contributed by atoms with Crippen molar-refractivity contribution in [3.63, 3.8) is 0 Å². The highest BCUT2D eigenvalue weighted by atomic mass is 19.2. The van der Waals surface area contributed by atoms with Crippen molar-refractivity contribution in [3.05, 3.63) is 41.6 Å². The van der Waals surface area contributed by atoms with Gasteiger partial charge >= 0.3 is 0 Å². The van der Waals surface area contributed by atoms with Gasteiger partial charge in [-0.2, -0.15) is 5.26 Å². The molecule has 0 bridgehead atoms. The maximum absolute atomic E-state index is 12.8. The number of hydrogen-bond donors (Lipinski definition) is 0. The van der Waals surface area contributed by atoms with Gasteiger partial charge in [-0.15, -0.1) is 0 Å². The first-order valence-electron chi connectivity index (χ1n) is 3.85. The Morgan fingerprint density at radius 2 is 1.86 bits per heavy atom. The molecule has 0 saturated carbocycles. The molecule has 0 unspecified atom stereocenters. The third kappa shape index (κ3) is 1.29. The van der Waals surface area contributed by atoms with Gasteiger partial charge in [-0.3, -0.25) is 4.98 Å². The van der Waals surface area contributed by atoms with Crippen molar-refractivity contribution in [1.29, 1.82) is 5.26 Å². The van der Waals surface area contributed by atoms with E-state index in [1.165, 1.54) is 12.3 Å². The maximum Gasteiger partial charge on any atom is 0.161 e. The Balaban J connectivity index is 2.78. The summed E-state index contributed by atoms with van der Waals surface area (Å²) in [5, 5.41) is 8.98. The van der Waals surface area contributed by atoms with Gasteiger partial charge in [-0.25, -0.2) is 8.78 Å². The number of aromatic nitrogens is 1. The molecular formula is C10H4F2N2. The van der Waals surface area contributed by atoms with Crippen molar-refractivity contribution in [1.82, 2.24) is 4.98 Å². The molecule has 68 valence electrons. The van der Waals surface area contributed by atoms with Crippen LogP contribution in [0.3, 0.4) is 0 Å². The lowest BCUT2D eigenvalue weighted by Gasteiger charge is -1.98. The fraction of sp³-hybridized carbons (Fsp3) is 0. The van der Waals surface area contributed by atoms with Gasteiger partial charge in [0.25, 0.3) is 0 Å². The minimum absolute atomic E-state index is 0.323. The zero-order valence-corrected chi connectivity index (χ0v) is 6.96. The summed E-state index contributed by atoms with van der Waals surface area (Å²) in [6.07, 6.45) is 1.32. The molecule has 0 aliphatic carbocycles. The minimum atomic E-state index is -0.936. The number of benzene rings is 1. The maximum atomic E-state index is 12.8. The summed E-state index contributed by atoms with van der Waals surface area (Å²) in [6, 6.07) is 5.37. The van der Waals surface area contributed by atoms with Gasteiger partial charge in [0.2, 0.25) is 0 Å². The molecular weight excluding hydrogens is 186 g/mol. The lowest BCUT2D eigenvalue weighted by atomic mass is 10.1. The van der Waals surface area contributed by atoms with Crippen LogP contribution in [0.1, 0.15) is 5.56 Å². The van der Waals surface area contributed by atoms with Crippen molar-refractivity contribution >= 4 is 10.9 Å². The van der Waals surface area contributed by atoms with Gasteiger partial charge in [-0.05, 0) is 12.1 Å². The number of rotatable bonds is 0. The second-order valence-corrected chi connectivity index (χ2v) is 2.79. The van der Waals surface area contributed by atoms with Crippen LogP contribution < -0.4 is 0 Å². The first-order valence-corrected chi connectivity index (χ1v) is 3.85. The fourth-order valence-electron chi connectivity index (χ4n) is 1.18. The number of nitrogens with zero attached hydrogens (tertiary/aromatic N) is 2. The van der Waals surface area contributed by atoms with Gasteiger partial charge in [0.15, 0.2) is 11.6 Å². The minimum Gasteiger partial charge on any atom is -0.255 e. The Labute approximate surface area is 78.4 Å². The highest BCUT2D eigenvalue weighted by Crippen LogP contribution is 2.17. The lowest BCUT2D eigenvalue weighted by molar-refractivity contribution is 0.510. The van der Waals surface area contributed by atoms with Crippen LogP contribution >= 0.6 is 0 Å². The molecule has 0 amide bonds. The summed E-state index contributed by atoms with van der Waals surface area (Å²) in [5.41, 5.74) is 0.659. The van der Waals surface area contributed by atoms with Crippen molar-refractivity contribution in [2.24, 2.45) is 0 Å². The first kappa shape index (κ1) is 8.57. The summed E-state index contributed by atoms with van der Waals surface area (Å²) < 4.78 is 25.5. The Kier molecular flexibility index (Phi) is 1.86. The number of halogens is 2. The fourth-order valence-corrected chi connectivity index (χ4v) is 1.18. The quantitative estimate of drug-likeness (QED) is 0.639. The van der Waals surface area contributed by atoms with E-state index >= 15 is 0 Å². The molecule has 2 nitrogen and oxygen atoms in total. The highest BCUT2D eigenvalue weighted by Gasteiger charge is 2.05. The number of nitriles is 1. The van der Waals surface area contributed by atoms with Crippen LogP contribution in [-0.4, -0.2) is 4.98 Å². The smallest absolute Gasteiger partial charge is 0.161 e. The SMILES string of the molecule is N#Cc1cnc2cc(F)c(F)cc2c1. The third-order valence-electron chi connectivity index (χ3n) is 1.85. The molecule has 0 fully saturated rings. The Morgan fingerprint density at radius 1 is 1.14 bits per heavy atom. The van der Waals surface area contributed by atoms with Crippen LogP contribution in [0.2, 0.25) is 0 Å². The molecule has 0 N–H and O–H groups in total. The summed E-state index contributed by atoms with van der Waals surface area (Å²) >= 11 is 0. The van der Waals surface area contributed by atoms with Crippen LogP contribution in [0.25, 0.3) is 10.9 Å². The van der Waals surface area contributed by atoms with E-state index in [4.69, 9.17) is 5.26 Å². The molecule has 0 saturated heterocycles. The van der Waals surface area contributed by atoms with E-state index in [1.807, 2.05) is 6.07 Å². The molecule has 1 aromatic carbocycles. The average molecular weight is 190 g/mol. The molecule has 2 aromatic rings. The van der Waals surface area contributed by atoms with E-state index in [-0.39, 0.29) is 0 Å². The van der Waals surface area contributed by atoms with Gasteiger partial charge in [0.1, 0.15) is 6.07 Å². The van der Waals surface area contributed by atoms with Crippen LogP contribution in [0.5, 0.6) is 0 Å². The highest BCUT2D eigenvalue weighted by molar-refractivity contribution is 5.79. The molecule has 14 heavy (non-hydrogen) atoms. The first-order chi connectivity index (χ1) is 6.70. The van der Waals surface area contributed by atoms with Crippen LogP contribution in [-0.2, 0) is 0 Å². The van der Waals surface area contributed by atoms with E-state index in [0.717, 1.165) is 12.1 Å². The van der Waals surface area contributed by atoms with Crippen molar-refractivity contribution in [3.8, 4) is 6.07 Å². The number of pyridine rings is 1. The van der Waals surface area contributed by atoms with E-state index in [2.05, 4.69) is 4.98 Å². The summed E-state index contributed by atoms with van der Waals surface area (Å²) in [4.78, 5) is 3.82. The van der Waals surface area contributed by atoms with E-state index < -0.39 is 11.6 Å². The molecule has 1 heterocycles. The topological polar surface area (TPSA) is 36.7 Å². The van der Waals surface area contributed by atoms with Crippen LogP contribution in [0.15, 0.2) is 24.4 Å². The lowest BCUT2D eigenvalue weighted by Crippen LogP contribution is -1.87. The monoisotopic (exact) mass is 190 g/mol. The van der Waals surface area contributed by atoms with Gasteiger partial charge in [-0.1, -0.05) is 0 Å². The predicted octanol–water partition coefficient (Wildman–Crippen LogP) is 2.38. The van der Waals surface area contributed by atoms with Crippen LogP contribution in [0.4, 0.5) is 8.78 Å². The molecule has 0 radical (unpaired) electrons. The zero-order chi connectivity index (χ0) is 10.1.